The maximum absolute atomic E-state index is 14.7. The Hall–Kier alpha value is -4.21. The van der Waals surface area contributed by atoms with E-state index in [9.17, 15) is 14.0 Å². The summed E-state index contributed by atoms with van der Waals surface area (Å²) in [5.41, 5.74) is 1.69. The molecule has 1 unspecified atom stereocenters. The third-order valence-corrected chi connectivity index (χ3v) is 8.55. The third-order valence-electron chi connectivity index (χ3n) is 7.24. The Morgan fingerprint density at radius 1 is 1.09 bits per heavy atom. The Morgan fingerprint density at radius 2 is 1.89 bits per heavy atom. The van der Waals surface area contributed by atoms with Gasteiger partial charge in [0.2, 0.25) is 0 Å². The minimum absolute atomic E-state index is 0.0488. The van der Waals surface area contributed by atoms with Gasteiger partial charge in [0, 0.05) is 5.56 Å². The lowest BCUT2D eigenvalue weighted by Crippen LogP contribution is -2.40. The average Bonchev–Trinajstić information content (AvgIpc) is 3.33. The molecule has 0 bridgehead atoms. The van der Waals surface area contributed by atoms with Crippen molar-refractivity contribution in [1.82, 2.24) is 4.57 Å². The first-order chi connectivity index (χ1) is 21.3. The second-order valence-electron chi connectivity index (χ2n) is 10.2. The number of hydrogen-bond donors (Lipinski definition) is 0. The molecule has 2 heterocycles. The molecular weight excluding hydrogens is 603 g/mol. The van der Waals surface area contributed by atoms with Crippen LogP contribution in [0.4, 0.5) is 4.39 Å². The molecule has 0 aliphatic carbocycles. The number of ether oxygens (including phenoxy) is 3. The summed E-state index contributed by atoms with van der Waals surface area (Å²) < 4.78 is 33.7. The predicted octanol–water partition coefficient (Wildman–Crippen LogP) is 6.35. The molecule has 228 valence electrons. The van der Waals surface area contributed by atoms with E-state index in [1.165, 1.54) is 29.9 Å². The van der Waals surface area contributed by atoms with E-state index in [1.807, 2.05) is 30.3 Å². The van der Waals surface area contributed by atoms with Gasteiger partial charge < -0.3 is 14.2 Å². The molecule has 0 saturated heterocycles. The summed E-state index contributed by atoms with van der Waals surface area (Å²) in [6.07, 6.45) is 4.44. The van der Waals surface area contributed by atoms with Gasteiger partial charge >= 0.3 is 5.97 Å². The standard InChI is InChI=1S/C34H32ClFN2O5S/c1-4-5-9-17-42-27-16-15-23(18-28(27)41-3)31-30(33(40)43-20-22-11-7-6-8-12-22)21(2)37-34-38(31)32(39)29(44-34)19-24-25(35)13-10-14-26(24)36/h6-8,10-16,18-19,31H,4-5,9,17,20H2,1-3H3/b29-19-. The maximum atomic E-state index is 14.7. The molecule has 0 amide bonds. The van der Waals surface area contributed by atoms with Gasteiger partial charge in [-0.25, -0.2) is 14.2 Å². The number of carbonyl (C=O) groups excluding carboxylic acids is 1. The van der Waals surface area contributed by atoms with E-state index in [-0.39, 0.29) is 27.3 Å². The number of thiazole rings is 1. The monoisotopic (exact) mass is 634 g/mol. The number of aromatic nitrogens is 1. The number of rotatable bonds is 11. The fraction of sp³-hybridized carbons (Fsp3) is 0.265. The van der Waals surface area contributed by atoms with Crippen molar-refractivity contribution in [3.05, 3.63) is 125 Å². The van der Waals surface area contributed by atoms with Crippen LogP contribution in [0.25, 0.3) is 6.08 Å². The summed E-state index contributed by atoms with van der Waals surface area (Å²) >= 11 is 7.35. The van der Waals surface area contributed by atoms with Gasteiger partial charge in [0.25, 0.3) is 5.56 Å². The highest BCUT2D eigenvalue weighted by atomic mass is 35.5. The highest BCUT2D eigenvalue weighted by Gasteiger charge is 2.34. The van der Waals surface area contributed by atoms with Crippen LogP contribution in [0.1, 0.15) is 55.8 Å². The van der Waals surface area contributed by atoms with Gasteiger partial charge in [-0.2, -0.15) is 0 Å². The molecule has 1 aliphatic heterocycles. The summed E-state index contributed by atoms with van der Waals surface area (Å²) in [5.74, 6) is -0.139. The van der Waals surface area contributed by atoms with Crippen LogP contribution >= 0.6 is 22.9 Å². The molecule has 0 fully saturated rings. The molecule has 44 heavy (non-hydrogen) atoms. The first kappa shape index (κ1) is 31.2. The molecule has 5 rings (SSSR count). The SMILES string of the molecule is CCCCCOc1ccc(C2C(C(=O)OCc3ccccc3)=C(C)N=c3s/c(=C\c4c(F)cccc4Cl)c(=O)n32)cc1OC. The second kappa shape index (κ2) is 14.1. The number of nitrogens with zero attached hydrogens (tertiary/aromatic N) is 2. The van der Waals surface area contributed by atoms with Crippen LogP contribution in [-0.2, 0) is 16.1 Å². The van der Waals surface area contributed by atoms with Crippen LogP contribution < -0.4 is 24.4 Å². The highest BCUT2D eigenvalue weighted by molar-refractivity contribution is 7.07. The van der Waals surface area contributed by atoms with Crippen molar-refractivity contribution in [2.45, 2.75) is 45.8 Å². The summed E-state index contributed by atoms with van der Waals surface area (Å²) in [4.78, 5) is 32.7. The molecule has 1 aromatic heterocycles. The number of hydrogen-bond acceptors (Lipinski definition) is 7. The number of halogens is 2. The highest BCUT2D eigenvalue weighted by Crippen LogP contribution is 2.36. The predicted molar refractivity (Wildman–Crippen MR) is 169 cm³/mol. The van der Waals surface area contributed by atoms with Gasteiger partial charge in [0.05, 0.1) is 40.6 Å². The van der Waals surface area contributed by atoms with Crippen molar-refractivity contribution in [2.24, 2.45) is 4.99 Å². The average molecular weight is 635 g/mol. The molecular formula is C34H32ClFN2O5S. The second-order valence-corrected chi connectivity index (χ2v) is 11.7. The number of allylic oxidation sites excluding steroid dienone is 1. The number of benzene rings is 3. The van der Waals surface area contributed by atoms with E-state index < -0.39 is 23.4 Å². The molecule has 0 radical (unpaired) electrons. The van der Waals surface area contributed by atoms with Crippen molar-refractivity contribution in [2.75, 3.05) is 13.7 Å². The summed E-state index contributed by atoms with van der Waals surface area (Å²) in [6, 6.07) is 18.1. The molecule has 3 aromatic carbocycles. The van der Waals surface area contributed by atoms with Gasteiger partial charge in [-0.3, -0.25) is 9.36 Å². The van der Waals surface area contributed by atoms with E-state index >= 15 is 0 Å². The number of carbonyl (C=O) groups is 1. The molecule has 0 N–H and O–H groups in total. The van der Waals surface area contributed by atoms with E-state index in [2.05, 4.69) is 11.9 Å². The number of fused-ring (bicyclic) bond motifs is 1. The molecule has 10 heteroatoms. The molecule has 7 nitrogen and oxygen atoms in total. The number of unbranched alkanes of at least 4 members (excludes halogenated alkanes) is 2. The van der Waals surface area contributed by atoms with Gasteiger partial charge in [0.15, 0.2) is 16.3 Å². The topological polar surface area (TPSA) is 79.1 Å². The molecule has 4 aromatic rings. The van der Waals surface area contributed by atoms with Crippen LogP contribution in [0.5, 0.6) is 11.5 Å². The molecule has 0 saturated carbocycles. The van der Waals surface area contributed by atoms with Crippen molar-refractivity contribution >= 4 is 35.0 Å². The van der Waals surface area contributed by atoms with Crippen molar-refractivity contribution in [1.29, 1.82) is 0 Å². The van der Waals surface area contributed by atoms with Gasteiger partial charge in [-0.15, -0.1) is 0 Å². The van der Waals surface area contributed by atoms with Crippen LogP contribution in [0, 0.1) is 5.82 Å². The zero-order valence-corrected chi connectivity index (χ0v) is 26.2. The molecule has 1 atom stereocenters. The lowest BCUT2D eigenvalue weighted by molar-refractivity contribution is -0.140. The zero-order valence-electron chi connectivity index (χ0n) is 24.6. The van der Waals surface area contributed by atoms with Crippen LogP contribution in [0.3, 0.4) is 0 Å². The quantitative estimate of drug-likeness (QED) is 0.142. The summed E-state index contributed by atoms with van der Waals surface area (Å²) in [7, 11) is 1.54. The van der Waals surface area contributed by atoms with Crippen LogP contribution in [0.2, 0.25) is 5.02 Å². The minimum atomic E-state index is -0.893. The smallest absolute Gasteiger partial charge is 0.338 e. The first-order valence-corrected chi connectivity index (χ1v) is 15.5. The Kier molecular flexibility index (Phi) is 9.97. The first-order valence-electron chi connectivity index (χ1n) is 14.3. The fourth-order valence-electron chi connectivity index (χ4n) is 4.99. The third kappa shape index (κ3) is 6.64. The van der Waals surface area contributed by atoms with Crippen LogP contribution in [-0.4, -0.2) is 24.3 Å². The normalized spacial score (nSPS) is 14.7. The fourth-order valence-corrected chi connectivity index (χ4v) is 6.23. The lowest BCUT2D eigenvalue weighted by Gasteiger charge is -2.25. The minimum Gasteiger partial charge on any atom is -0.493 e. The van der Waals surface area contributed by atoms with Crippen molar-refractivity contribution < 1.29 is 23.4 Å². The van der Waals surface area contributed by atoms with E-state index in [0.29, 0.717) is 34.2 Å². The zero-order chi connectivity index (χ0) is 31.2. The largest absolute Gasteiger partial charge is 0.493 e. The number of methoxy groups -OCH3 is 1. The molecule has 0 spiro atoms. The summed E-state index contributed by atoms with van der Waals surface area (Å²) in [5, 5.41) is 0.174. The lowest BCUT2D eigenvalue weighted by atomic mass is 9.95. The van der Waals surface area contributed by atoms with E-state index in [4.69, 9.17) is 25.8 Å². The number of esters is 1. The van der Waals surface area contributed by atoms with E-state index in [1.54, 1.807) is 31.2 Å². The molecule has 1 aliphatic rings. The van der Waals surface area contributed by atoms with Crippen molar-refractivity contribution in [3.8, 4) is 11.5 Å². The van der Waals surface area contributed by atoms with Gasteiger partial charge in [-0.1, -0.05) is 85.2 Å². The Balaban J connectivity index is 1.62. The van der Waals surface area contributed by atoms with E-state index in [0.717, 1.165) is 36.2 Å². The Morgan fingerprint density at radius 3 is 2.61 bits per heavy atom. The van der Waals surface area contributed by atoms with Gasteiger partial charge in [-0.05, 0) is 54.8 Å². The Labute approximate surface area is 263 Å². The van der Waals surface area contributed by atoms with Gasteiger partial charge in [0.1, 0.15) is 12.4 Å². The maximum Gasteiger partial charge on any atom is 0.338 e. The van der Waals surface area contributed by atoms with Crippen molar-refractivity contribution in [3.63, 3.8) is 0 Å². The Bertz CT molecular complexity index is 1860. The van der Waals surface area contributed by atoms with Crippen LogP contribution in [0.15, 0.2) is 87.8 Å². The summed E-state index contributed by atoms with van der Waals surface area (Å²) in [6.45, 7) is 4.42.